The van der Waals surface area contributed by atoms with Gasteiger partial charge in [-0.2, -0.15) is 0 Å². The first-order chi connectivity index (χ1) is 7.15. The molecule has 0 aliphatic heterocycles. The number of methoxy groups -OCH3 is 3. The number of ether oxygens (including phenoxy) is 3. The second-order valence-electron chi connectivity index (χ2n) is 4.32. The van der Waals surface area contributed by atoms with E-state index in [1.165, 1.54) is 0 Å². The summed E-state index contributed by atoms with van der Waals surface area (Å²) >= 11 is 0. The highest BCUT2D eigenvalue weighted by molar-refractivity contribution is 4.92. The third-order valence-corrected chi connectivity index (χ3v) is 3.30. The van der Waals surface area contributed by atoms with E-state index in [0.717, 1.165) is 6.42 Å². The molecule has 5 unspecified atom stereocenters. The number of hydrogen-bond donors (Lipinski definition) is 1. The largest absolute Gasteiger partial charge is 0.388 e. The zero-order chi connectivity index (χ0) is 11.4. The van der Waals surface area contributed by atoms with Crippen molar-refractivity contribution in [1.29, 1.82) is 0 Å². The van der Waals surface area contributed by atoms with Crippen LogP contribution in [0, 0.1) is 11.8 Å². The zero-order valence-corrected chi connectivity index (χ0v) is 9.97. The maximum atomic E-state index is 10.1. The average Bonchev–Trinajstić information content (AvgIpc) is 2.19. The van der Waals surface area contributed by atoms with Crippen LogP contribution in [0.5, 0.6) is 0 Å². The Kier molecular flexibility index (Phi) is 4.99. The molecule has 0 aromatic rings. The van der Waals surface area contributed by atoms with Crippen LogP contribution in [0.4, 0.5) is 0 Å². The van der Waals surface area contributed by atoms with Crippen molar-refractivity contribution in [3.05, 3.63) is 0 Å². The van der Waals surface area contributed by atoms with Crippen LogP contribution in [0.25, 0.3) is 0 Å². The molecule has 1 aliphatic carbocycles. The number of rotatable bonds is 4. The van der Waals surface area contributed by atoms with Crippen LogP contribution >= 0.6 is 0 Å². The molecule has 1 saturated carbocycles. The first-order valence-corrected chi connectivity index (χ1v) is 5.38. The molecule has 1 N–H and O–H groups in total. The van der Waals surface area contributed by atoms with Gasteiger partial charge in [0.2, 0.25) is 0 Å². The summed E-state index contributed by atoms with van der Waals surface area (Å²) in [7, 11) is 4.93. The van der Waals surface area contributed by atoms with E-state index < -0.39 is 6.10 Å². The van der Waals surface area contributed by atoms with E-state index >= 15 is 0 Å². The third-order valence-electron chi connectivity index (χ3n) is 3.30. The van der Waals surface area contributed by atoms with Crippen molar-refractivity contribution < 1.29 is 19.3 Å². The summed E-state index contributed by atoms with van der Waals surface area (Å²) in [6.45, 7) is 2.71. The van der Waals surface area contributed by atoms with E-state index in [4.69, 9.17) is 14.2 Å². The van der Waals surface area contributed by atoms with Gasteiger partial charge in [-0.3, -0.25) is 0 Å². The van der Waals surface area contributed by atoms with E-state index in [9.17, 15) is 5.11 Å². The van der Waals surface area contributed by atoms with Gasteiger partial charge in [0.05, 0.1) is 18.8 Å². The van der Waals surface area contributed by atoms with Gasteiger partial charge in [0, 0.05) is 27.2 Å². The number of aliphatic hydroxyl groups excluding tert-OH is 1. The molecule has 4 heteroatoms. The van der Waals surface area contributed by atoms with Gasteiger partial charge in [-0.25, -0.2) is 0 Å². The lowest BCUT2D eigenvalue weighted by Crippen LogP contribution is -2.53. The van der Waals surface area contributed by atoms with Gasteiger partial charge in [0.1, 0.15) is 6.10 Å². The van der Waals surface area contributed by atoms with Gasteiger partial charge in [-0.05, 0) is 12.3 Å². The van der Waals surface area contributed by atoms with E-state index in [2.05, 4.69) is 6.92 Å². The Morgan fingerprint density at radius 2 is 1.73 bits per heavy atom. The summed E-state index contributed by atoms with van der Waals surface area (Å²) in [6.07, 6.45) is 0.0695. The molecule has 1 rings (SSSR count). The smallest absolute Gasteiger partial charge is 0.107 e. The molecular weight excluding hydrogens is 196 g/mol. The molecule has 1 aliphatic rings. The fourth-order valence-corrected chi connectivity index (χ4v) is 2.63. The third kappa shape index (κ3) is 2.69. The van der Waals surface area contributed by atoms with Crippen molar-refractivity contribution in [2.24, 2.45) is 11.8 Å². The Labute approximate surface area is 91.5 Å². The van der Waals surface area contributed by atoms with Crippen LogP contribution in [-0.2, 0) is 14.2 Å². The molecule has 15 heavy (non-hydrogen) atoms. The summed E-state index contributed by atoms with van der Waals surface area (Å²) < 4.78 is 15.8. The van der Waals surface area contributed by atoms with Crippen LogP contribution < -0.4 is 0 Å². The van der Waals surface area contributed by atoms with E-state index in [-0.39, 0.29) is 18.1 Å². The quantitative estimate of drug-likeness (QED) is 0.754. The Morgan fingerprint density at radius 1 is 1.13 bits per heavy atom. The van der Waals surface area contributed by atoms with Crippen LogP contribution in [0.2, 0.25) is 0 Å². The minimum absolute atomic E-state index is 0.136. The van der Waals surface area contributed by atoms with Gasteiger partial charge in [-0.1, -0.05) is 6.92 Å². The highest BCUT2D eigenvalue weighted by Gasteiger charge is 2.42. The molecule has 0 radical (unpaired) electrons. The van der Waals surface area contributed by atoms with E-state index in [1.807, 2.05) is 0 Å². The molecule has 0 amide bonds. The molecule has 90 valence electrons. The number of aliphatic hydroxyl groups is 1. The van der Waals surface area contributed by atoms with E-state index in [0.29, 0.717) is 12.5 Å². The van der Waals surface area contributed by atoms with Gasteiger partial charge in [0.15, 0.2) is 0 Å². The second-order valence-corrected chi connectivity index (χ2v) is 4.32. The lowest BCUT2D eigenvalue weighted by molar-refractivity contribution is -0.162. The second kappa shape index (κ2) is 5.80. The molecule has 0 aromatic carbocycles. The highest BCUT2D eigenvalue weighted by Crippen LogP contribution is 2.33. The normalized spacial score (nSPS) is 41.8. The van der Waals surface area contributed by atoms with Crippen molar-refractivity contribution in [3.63, 3.8) is 0 Å². The topological polar surface area (TPSA) is 47.9 Å². The summed E-state index contributed by atoms with van der Waals surface area (Å²) in [6, 6.07) is 0. The zero-order valence-electron chi connectivity index (χ0n) is 9.97. The fraction of sp³-hybridized carbons (Fsp3) is 1.00. The van der Waals surface area contributed by atoms with Crippen LogP contribution in [0.15, 0.2) is 0 Å². The maximum absolute atomic E-state index is 10.1. The lowest BCUT2D eigenvalue weighted by atomic mass is 9.76. The predicted octanol–water partition coefficient (Wildman–Crippen LogP) is 0.680. The molecule has 5 atom stereocenters. The Morgan fingerprint density at radius 3 is 2.20 bits per heavy atom. The SMILES string of the molecule is COCC1CC(C)C(OC)C(O)C1OC. The molecule has 4 nitrogen and oxygen atoms in total. The van der Waals surface area contributed by atoms with Crippen LogP contribution in [0.1, 0.15) is 13.3 Å². The van der Waals surface area contributed by atoms with E-state index in [1.54, 1.807) is 21.3 Å². The first-order valence-electron chi connectivity index (χ1n) is 5.38. The fourth-order valence-electron chi connectivity index (χ4n) is 2.63. The van der Waals surface area contributed by atoms with Gasteiger partial charge < -0.3 is 19.3 Å². The molecule has 0 bridgehead atoms. The molecule has 0 heterocycles. The molecule has 0 aromatic heterocycles. The van der Waals surface area contributed by atoms with Crippen molar-refractivity contribution in [3.8, 4) is 0 Å². The number of hydrogen-bond acceptors (Lipinski definition) is 4. The summed E-state index contributed by atoms with van der Waals surface area (Å²) in [4.78, 5) is 0. The molecule has 0 saturated heterocycles. The van der Waals surface area contributed by atoms with Crippen molar-refractivity contribution in [2.75, 3.05) is 27.9 Å². The van der Waals surface area contributed by atoms with Crippen molar-refractivity contribution in [2.45, 2.75) is 31.7 Å². The highest BCUT2D eigenvalue weighted by atomic mass is 16.5. The Balaban J connectivity index is 2.70. The standard InChI is InChI=1S/C11H22O4/c1-7-5-8(6-13-2)11(15-4)9(12)10(7)14-3/h7-12H,5-6H2,1-4H3. The Bertz CT molecular complexity index is 183. The van der Waals surface area contributed by atoms with Crippen LogP contribution in [-0.4, -0.2) is 51.4 Å². The van der Waals surface area contributed by atoms with Crippen molar-refractivity contribution in [1.82, 2.24) is 0 Å². The average molecular weight is 218 g/mol. The minimum Gasteiger partial charge on any atom is -0.388 e. The van der Waals surface area contributed by atoms with Gasteiger partial charge in [-0.15, -0.1) is 0 Å². The predicted molar refractivity (Wildman–Crippen MR) is 56.7 cm³/mol. The molecular formula is C11H22O4. The monoisotopic (exact) mass is 218 g/mol. The molecule has 1 fully saturated rings. The lowest BCUT2D eigenvalue weighted by Gasteiger charge is -2.42. The summed E-state index contributed by atoms with van der Waals surface area (Å²) in [5, 5.41) is 10.1. The summed E-state index contributed by atoms with van der Waals surface area (Å²) in [5.41, 5.74) is 0. The summed E-state index contributed by atoms with van der Waals surface area (Å²) in [5.74, 6) is 0.577. The Hall–Kier alpha value is -0.160. The van der Waals surface area contributed by atoms with Crippen molar-refractivity contribution >= 4 is 0 Å². The van der Waals surface area contributed by atoms with Gasteiger partial charge >= 0.3 is 0 Å². The first kappa shape index (κ1) is 12.9. The molecule has 0 spiro atoms. The van der Waals surface area contributed by atoms with Gasteiger partial charge in [0.25, 0.3) is 0 Å². The minimum atomic E-state index is -0.566. The van der Waals surface area contributed by atoms with Crippen LogP contribution in [0.3, 0.4) is 0 Å². The maximum Gasteiger partial charge on any atom is 0.107 e.